The summed E-state index contributed by atoms with van der Waals surface area (Å²) in [7, 11) is 0. The Hall–Kier alpha value is -2.30. The maximum absolute atomic E-state index is 12.6. The molecule has 0 bridgehead atoms. The van der Waals surface area contributed by atoms with Crippen LogP contribution >= 0.6 is 0 Å². The van der Waals surface area contributed by atoms with Crippen LogP contribution in [-0.2, 0) is 14.3 Å². The molecule has 0 unspecified atom stereocenters. The zero-order valence-electron chi connectivity index (χ0n) is 22.5. The van der Waals surface area contributed by atoms with E-state index in [0.717, 1.165) is 30.8 Å². The molecule has 0 spiro atoms. The van der Waals surface area contributed by atoms with Crippen LogP contribution in [0.2, 0.25) is 0 Å². The van der Waals surface area contributed by atoms with Crippen LogP contribution < -0.4 is 4.74 Å². The molecule has 1 fully saturated rings. The molecule has 1 heterocycles. The van der Waals surface area contributed by atoms with Gasteiger partial charge in [0, 0.05) is 32.0 Å². The SMILES string of the molecule is CCCCCCCCCCOc1ccc(/C=C/C(=O)N2CCC(OC(=O)C(C)(C)CC)CC2)cc1. The molecular weight excluding hydrogens is 438 g/mol. The Kier molecular flexibility index (Phi) is 12.9. The van der Waals surface area contributed by atoms with E-state index >= 15 is 0 Å². The third-order valence-electron chi connectivity index (χ3n) is 7.03. The minimum absolute atomic E-state index is 0.00122. The maximum atomic E-state index is 12.6. The van der Waals surface area contributed by atoms with Crippen molar-refractivity contribution in [1.82, 2.24) is 4.90 Å². The third kappa shape index (κ3) is 10.9. The van der Waals surface area contributed by atoms with Crippen molar-refractivity contribution in [2.75, 3.05) is 19.7 Å². The second-order valence-corrected chi connectivity index (χ2v) is 10.4. The van der Waals surface area contributed by atoms with Gasteiger partial charge in [0.25, 0.3) is 0 Å². The van der Waals surface area contributed by atoms with Gasteiger partial charge in [0.15, 0.2) is 0 Å². The predicted octanol–water partition coefficient (Wildman–Crippen LogP) is 7.19. The van der Waals surface area contributed by atoms with Gasteiger partial charge in [-0.25, -0.2) is 0 Å². The molecule has 0 N–H and O–H groups in total. The summed E-state index contributed by atoms with van der Waals surface area (Å²) >= 11 is 0. The fraction of sp³-hybridized carbons (Fsp3) is 0.667. The molecule has 1 aromatic rings. The van der Waals surface area contributed by atoms with E-state index in [9.17, 15) is 9.59 Å². The van der Waals surface area contributed by atoms with Gasteiger partial charge in [0.2, 0.25) is 5.91 Å². The van der Waals surface area contributed by atoms with Crippen LogP contribution in [0.25, 0.3) is 6.08 Å². The standard InChI is InChI=1S/C30H47NO4/c1-5-7-8-9-10-11-12-13-24-34-26-17-14-25(15-18-26)16-19-28(32)31-22-20-27(21-23-31)35-29(33)30(3,4)6-2/h14-19,27H,5-13,20-24H2,1-4H3/b19-16+. The van der Waals surface area contributed by atoms with Gasteiger partial charge in [-0.2, -0.15) is 0 Å². The molecule has 35 heavy (non-hydrogen) atoms. The van der Waals surface area contributed by atoms with E-state index in [0.29, 0.717) is 25.9 Å². The highest BCUT2D eigenvalue weighted by Crippen LogP contribution is 2.25. The summed E-state index contributed by atoms with van der Waals surface area (Å²) in [5, 5.41) is 0. The fourth-order valence-corrected chi connectivity index (χ4v) is 4.02. The number of nitrogens with zero attached hydrogens (tertiary/aromatic N) is 1. The van der Waals surface area contributed by atoms with E-state index < -0.39 is 5.41 Å². The highest BCUT2D eigenvalue weighted by molar-refractivity contribution is 5.91. The van der Waals surface area contributed by atoms with Gasteiger partial charge in [-0.1, -0.05) is 70.9 Å². The first-order valence-corrected chi connectivity index (χ1v) is 13.8. The lowest BCUT2D eigenvalue weighted by atomic mass is 9.90. The second-order valence-electron chi connectivity index (χ2n) is 10.4. The number of likely N-dealkylation sites (tertiary alicyclic amines) is 1. The van der Waals surface area contributed by atoms with Crippen LogP contribution in [0.3, 0.4) is 0 Å². The molecule has 0 radical (unpaired) electrons. The highest BCUT2D eigenvalue weighted by atomic mass is 16.5. The number of piperidine rings is 1. The maximum Gasteiger partial charge on any atom is 0.311 e. The van der Waals surface area contributed by atoms with E-state index in [4.69, 9.17) is 9.47 Å². The summed E-state index contributed by atoms with van der Waals surface area (Å²) in [5.41, 5.74) is 0.521. The number of hydrogen-bond donors (Lipinski definition) is 0. The van der Waals surface area contributed by atoms with Gasteiger partial charge in [0.1, 0.15) is 11.9 Å². The lowest BCUT2D eigenvalue weighted by molar-refractivity contribution is -0.162. The summed E-state index contributed by atoms with van der Waals surface area (Å²) in [4.78, 5) is 26.7. The van der Waals surface area contributed by atoms with Crippen molar-refractivity contribution < 1.29 is 19.1 Å². The van der Waals surface area contributed by atoms with E-state index in [2.05, 4.69) is 6.92 Å². The molecule has 0 saturated carbocycles. The van der Waals surface area contributed by atoms with Gasteiger partial charge < -0.3 is 14.4 Å². The minimum atomic E-state index is -0.455. The van der Waals surface area contributed by atoms with Crippen molar-refractivity contribution in [2.45, 2.75) is 104 Å². The zero-order valence-corrected chi connectivity index (χ0v) is 22.5. The number of unbranched alkanes of at least 4 members (excludes halogenated alkanes) is 7. The van der Waals surface area contributed by atoms with Crippen LogP contribution in [0.4, 0.5) is 0 Å². The number of carbonyl (C=O) groups is 2. The quantitative estimate of drug-likeness (QED) is 0.150. The minimum Gasteiger partial charge on any atom is -0.494 e. The Morgan fingerprint density at radius 3 is 2.14 bits per heavy atom. The van der Waals surface area contributed by atoms with Crippen molar-refractivity contribution in [3.63, 3.8) is 0 Å². The fourth-order valence-electron chi connectivity index (χ4n) is 4.02. The van der Waals surface area contributed by atoms with Crippen LogP contribution in [-0.4, -0.2) is 42.6 Å². The van der Waals surface area contributed by atoms with Crippen molar-refractivity contribution in [2.24, 2.45) is 5.41 Å². The molecule has 0 atom stereocenters. The molecule has 1 aliphatic heterocycles. The molecule has 1 aromatic carbocycles. The molecule has 196 valence electrons. The van der Waals surface area contributed by atoms with Crippen molar-refractivity contribution in [3.05, 3.63) is 35.9 Å². The summed E-state index contributed by atoms with van der Waals surface area (Å²) in [6, 6.07) is 7.89. The van der Waals surface area contributed by atoms with Crippen LogP contribution in [0.5, 0.6) is 5.75 Å². The van der Waals surface area contributed by atoms with E-state index in [1.807, 2.05) is 56.0 Å². The highest BCUT2D eigenvalue weighted by Gasteiger charge is 2.31. The lowest BCUT2D eigenvalue weighted by Gasteiger charge is -2.33. The van der Waals surface area contributed by atoms with Crippen LogP contribution in [0, 0.1) is 5.41 Å². The Morgan fingerprint density at radius 1 is 0.943 bits per heavy atom. The van der Waals surface area contributed by atoms with Gasteiger partial charge in [-0.3, -0.25) is 9.59 Å². The molecule has 5 heteroatoms. The molecule has 0 aromatic heterocycles. The van der Waals surface area contributed by atoms with Crippen molar-refractivity contribution in [1.29, 1.82) is 0 Å². The summed E-state index contributed by atoms with van der Waals surface area (Å²) in [6.45, 7) is 10.0. The average Bonchev–Trinajstić information content (AvgIpc) is 2.87. The van der Waals surface area contributed by atoms with Gasteiger partial charge in [-0.15, -0.1) is 0 Å². The first-order valence-electron chi connectivity index (χ1n) is 13.8. The molecule has 0 aliphatic carbocycles. The van der Waals surface area contributed by atoms with Crippen LogP contribution in [0.15, 0.2) is 30.3 Å². The number of esters is 1. The van der Waals surface area contributed by atoms with Crippen LogP contribution in [0.1, 0.15) is 104 Å². The number of rotatable bonds is 15. The Bertz CT molecular complexity index is 776. The molecular formula is C30H47NO4. The topological polar surface area (TPSA) is 55.8 Å². The number of amides is 1. The lowest BCUT2D eigenvalue weighted by Crippen LogP contribution is -2.42. The number of benzene rings is 1. The number of ether oxygens (including phenoxy) is 2. The zero-order chi connectivity index (χ0) is 25.5. The number of carbonyl (C=O) groups excluding carboxylic acids is 2. The first-order chi connectivity index (χ1) is 16.9. The van der Waals surface area contributed by atoms with Gasteiger partial charge in [-0.05, 0) is 50.5 Å². The average molecular weight is 486 g/mol. The van der Waals surface area contributed by atoms with E-state index in [-0.39, 0.29) is 18.0 Å². The summed E-state index contributed by atoms with van der Waals surface area (Å²) in [5.74, 6) is 0.730. The Labute approximate surface area is 213 Å². The predicted molar refractivity (Wildman–Crippen MR) is 143 cm³/mol. The van der Waals surface area contributed by atoms with Crippen molar-refractivity contribution in [3.8, 4) is 5.75 Å². The van der Waals surface area contributed by atoms with E-state index in [1.54, 1.807) is 6.08 Å². The Morgan fingerprint density at radius 2 is 1.54 bits per heavy atom. The summed E-state index contributed by atoms with van der Waals surface area (Å²) < 4.78 is 11.5. The summed E-state index contributed by atoms with van der Waals surface area (Å²) in [6.07, 6.45) is 15.8. The molecule has 1 aliphatic rings. The van der Waals surface area contributed by atoms with Crippen molar-refractivity contribution >= 4 is 18.0 Å². The van der Waals surface area contributed by atoms with Gasteiger partial charge >= 0.3 is 5.97 Å². The molecule has 5 nitrogen and oxygen atoms in total. The number of hydrogen-bond acceptors (Lipinski definition) is 4. The first kappa shape index (κ1) is 28.9. The second kappa shape index (κ2) is 15.6. The molecule has 1 amide bonds. The third-order valence-corrected chi connectivity index (χ3v) is 7.03. The normalized spacial score (nSPS) is 14.9. The van der Waals surface area contributed by atoms with Gasteiger partial charge in [0.05, 0.1) is 12.0 Å². The van der Waals surface area contributed by atoms with E-state index in [1.165, 1.54) is 44.9 Å². The molecule has 2 rings (SSSR count). The molecule has 1 saturated heterocycles. The largest absolute Gasteiger partial charge is 0.494 e. The Balaban J connectivity index is 1.64. The smallest absolute Gasteiger partial charge is 0.311 e. The monoisotopic (exact) mass is 485 g/mol.